The lowest BCUT2D eigenvalue weighted by Gasteiger charge is -2.30. The van der Waals surface area contributed by atoms with Crippen LogP contribution in [0.4, 0.5) is 18.9 Å². The Hall–Kier alpha value is -2.72. The first-order valence-electron chi connectivity index (χ1n) is 11.3. The maximum absolute atomic E-state index is 13.5. The first-order chi connectivity index (χ1) is 16.7. The standard InChI is InChI=1S/C25H29F3N2O4S/c1-29-24(17-8-3-4-9-18(14-17)25(26,27)28)30(21-12-5-6-13-22(21)34-32-2)16-23(31)33-19-10-7-11-20(35)15-19/h3,5-6,8-9,12-14,19-20,35H,4,7,10-11,15-16H2,1-2H3. The van der Waals surface area contributed by atoms with Gasteiger partial charge in [0.05, 0.1) is 18.4 Å². The molecule has 0 heterocycles. The summed E-state index contributed by atoms with van der Waals surface area (Å²) >= 11 is 4.50. The molecule has 0 N–H and O–H groups in total. The number of anilines is 1. The van der Waals surface area contributed by atoms with Crippen molar-refractivity contribution in [2.75, 3.05) is 25.6 Å². The fourth-order valence-electron chi connectivity index (χ4n) is 4.10. The molecule has 10 heteroatoms. The summed E-state index contributed by atoms with van der Waals surface area (Å²) in [6, 6.07) is 6.71. The number of rotatable bonds is 7. The average Bonchev–Trinajstić information content (AvgIpc) is 3.06. The molecule has 2 atom stereocenters. The largest absolute Gasteiger partial charge is 0.461 e. The zero-order chi connectivity index (χ0) is 25.4. The molecule has 0 saturated heterocycles. The van der Waals surface area contributed by atoms with E-state index in [9.17, 15) is 18.0 Å². The molecule has 0 radical (unpaired) electrons. The fraction of sp³-hybridized carbons (Fsp3) is 0.440. The molecule has 0 aromatic heterocycles. The predicted molar refractivity (Wildman–Crippen MR) is 132 cm³/mol. The second-order valence-corrected chi connectivity index (χ2v) is 8.91. The second kappa shape index (κ2) is 12.3. The van der Waals surface area contributed by atoms with Gasteiger partial charge in [0.2, 0.25) is 0 Å². The van der Waals surface area contributed by atoms with Gasteiger partial charge in [0.25, 0.3) is 0 Å². The van der Waals surface area contributed by atoms with Crippen LogP contribution in [0.15, 0.2) is 64.7 Å². The minimum absolute atomic E-state index is 0.115. The van der Waals surface area contributed by atoms with Crippen LogP contribution in [-0.4, -0.2) is 50.0 Å². The third-order valence-electron chi connectivity index (χ3n) is 5.65. The summed E-state index contributed by atoms with van der Waals surface area (Å²) in [4.78, 5) is 28.8. The van der Waals surface area contributed by atoms with Gasteiger partial charge in [0, 0.05) is 17.9 Å². The van der Waals surface area contributed by atoms with E-state index >= 15 is 0 Å². The lowest BCUT2D eigenvalue weighted by Crippen LogP contribution is -2.39. The van der Waals surface area contributed by atoms with Crippen LogP contribution in [0.3, 0.4) is 0 Å². The van der Waals surface area contributed by atoms with Gasteiger partial charge in [0.15, 0.2) is 5.75 Å². The van der Waals surface area contributed by atoms with E-state index in [0.717, 1.165) is 31.4 Å². The van der Waals surface area contributed by atoms with E-state index < -0.39 is 17.7 Å². The third-order valence-corrected chi connectivity index (χ3v) is 6.12. The molecular formula is C25H29F3N2O4S. The minimum atomic E-state index is -4.53. The van der Waals surface area contributed by atoms with Crippen LogP contribution in [0.5, 0.6) is 5.75 Å². The maximum atomic E-state index is 13.5. The fourth-order valence-corrected chi connectivity index (χ4v) is 4.52. The number of carbonyl (C=O) groups excluding carboxylic acids is 1. The molecule has 1 aromatic carbocycles. The van der Waals surface area contributed by atoms with Crippen molar-refractivity contribution >= 4 is 30.1 Å². The van der Waals surface area contributed by atoms with Gasteiger partial charge in [-0.15, -0.1) is 0 Å². The van der Waals surface area contributed by atoms with E-state index in [0.29, 0.717) is 12.1 Å². The molecule has 2 unspecified atom stereocenters. The Morgan fingerprint density at radius 2 is 2.03 bits per heavy atom. The molecule has 2 aliphatic rings. The number of alkyl halides is 3. The lowest BCUT2D eigenvalue weighted by molar-refractivity contribution is -0.177. The molecule has 0 spiro atoms. The van der Waals surface area contributed by atoms with Crippen molar-refractivity contribution in [3.8, 4) is 5.75 Å². The number of benzene rings is 1. The number of thiol groups is 1. The van der Waals surface area contributed by atoms with Crippen molar-refractivity contribution in [2.24, 2.45) is 4.99 Å². The highest BCUT2D eigenvalue weighted by atomic mass is 32.1. The van der Waals surface area contributed by atoms with E-state index in [1.54, 1.807) is 36.4 Å². The highest BCUT2D eigenvalue weighted by Gasteiger charge is 2.34. The summed E-state index contributed by atoms with van der Waals surface area (Å²) in [5.74, 6) is -0.115. The molecule has 3 rings (SSSR count). The number of hydrogen-bond acceptors (Lipinski definition) is 6. The Labute approximate surface area is 208 Å². The number of nitrogens with zero attached hydrogens (tertiary/aromatic N) is 2. The van der Waals surface area contributed by atoms with Crippen LogP contribution in [0, 0.1) is 0 Å². The Balaban J connectivity index is 1.98. The predicted octanol–water partition coefficient (Wildman–Crippen LogP) is 5.62. The average molecular weight is 511 g/mol. The number of allylic oxidation sites excluding steroid dienone is 4. The summed E-state index contributed by atoms with van der Waals surface area (Å²) < 4.78 is 46.3. The van der Waals surface area contributed by atoms with Gasteiger partial charge in [-0.25, -0.2) is 0 Å². The summed E-state index contributed by atoms with van der Waals surface area (Å²) in [7, 11) is 2.79. The van der Waals surface area contributed by atoms with Crippen LogP contribution >= 0.6 is 12.6 Å². The van der Waals surface area contributed by atoms with Crippen LogP contribution in [0.25, 0.3) is 0 Å². The first-order valence-corrected chi connectivity index (χ1v) is 11.8. The van der Waals surface area contributed by atoms with Crippen LogP contribution in [-0.2, 0) is 14.4 Å². The van der Waals surface area contributed by atoms with Crippen molar-refractivity contribution in [1.29, 1.82) is 0 Å². The van der Waals surface area contributed by atoms with Crippen molar-refractivity contribution in [2.45, 2.75) is 49.6 Å². The Kier molecular flexibility index (Phi) is 9.45. The molecule has 0 amide bonds. The summed E-state index contributed by atoms with van der Waals surface area (Å²) in [6.07, 6.45) is 3.90. The van der Waals surface area contributed by atoms with Crippen LogP contribution in [0.1, 0.15) is 32.1 Å². The molecule has 1 aromatic rings. The monoisotopic (exact) mass is 510 g/mol. The Morgan fingerprint density at radius 3 is 2.71 bits per heavy atom. The molecule has 1 fully saturated rings. The number of aliphatic imine (C=N–C) groups is 1. The van der Waals surface area contributed by atoms with Crippen molar-refractivity contribution in [1.82, 2.24) is 0 Å². The molecule has 2 aliphatic carbocycles. The van der Waals surface area contributed by atoms with Gasteiger partial charge < -0.3 is 14.5 Å². The normalized spacial score (nSPS) is 21.0. The minimum Gasteiger partial charge on any atom is -0.461 e. The molecule has 1 saturated carbocycles. The van der Waals surface area contributed by atoms with Gasteiger partial charge >= 0.3 is 12.1 Å². The quantitative estimate of drug-likeness (QED) is 0.129. The second-order valence-electron chi connectivity index (χ2n) is 8.18. The summed E-state index contributed by atoms with van der Waals surface area (Å²) in [5.41, 5.74) is -0.204. The van der Waals surface area contributed by atoms with Crippen LogP contribution < -0.4 is 9.79 Å². The number of hydrogen-bond donors (Lipinski definition) is 1. The smallest absolute Gasteiger partial charge is 0.416 e. The molecule has 35 heavy (non-hydrogen) atoms. The molecule has 0 aliphatic heterocycles. The van der Waals surface area contributed by atoms with E-state index in [2.05, 4.69) is 17.6 Å². The number of para-hydroxylation sites is 2. The van der Waals surface area contributed by atoms with E-state index in [1.807, 2.05) is 0 Å². The van der Waals surface area contributed by atoms with Gasteiger partial charge in [-0.05, 0) is 50.3 Å². The maximum Gasteiger partial charge on any atom is 0.416 e. The van der Waals surface area contributed by atoms with E-state index in [1.165, 1.54) is 19.1 Å². The zero-order valence-electron chi connectivity index (χ0n) is 19.6. The van der Waals surface area contributed by atoms with Crippen LogP contribution in [0.2, 0.25) is 0 Å². The van der Waals surface area contributed by atoms with Gasteiger partial charge in [0.1, 0.15) is 18.5 Å². The number of esters is 1. The first kappa shape index (κ1) is 26.9. The topological polar surface area (TPSA) is 60.4 Å². The van der Waals surface area contributed by atoms with Gasteiger partial charge in [-0.1, -0.05) is 30.4 Å². The number of amidine groups is 1. The SMILES string of the molecule is CN=C(C1=CC(C(F)(F)F)=CCC=C1)N(CC(=O)OC1CCCC(S)C1)c1ccccc1OOC. The molecule has 0 bridgehead atoms. The molecular weight excluding hydrogens is 481 g/mol. The Bertz CT molecular complexity index is 1020. The third kappa shape index (κ3) is 7.38. The van der Waals surface area contributed by atoms with Gasteiger partial charge in [-0.2, -0.15) is 30.7 Å². The van der Waals surface area contributed by atoms with Crippen molar-refractivity contribution < 1.29 is 32.5 Å². The number of ether oxygens (including phenoxy) is 1. The van der Waals surface area contributed by atoms with Crippen molar-refractivity contribution in [3.63, 3.8) is 0 Å². The highest BCUT2D eigenvalue weighted by molar-refractivity contribution is 7.80. The summed E-state index contributed by atoms with van der Waals surface area (Å²) in [5, 5.41) is 0.162. The number of halogens is 3. The molecule has 6 nitrogen and oxygen atoms in total. The lowest BCUT2D eigenvalue weighted by atomic mass is 9.97. The van der Waals surface area contributed by atoms with Gasteiger partial charge in [-0.3, -0.25) is 9.79 Å². The molecule has 190 valence electrons. The summed E-state index contributed by atoms with van der Waals surface area (Å²) in [6.45, 7) is -0.291. The van der Waals surface area contributed by atoms with Crippen molar-refractivity contribution in [3.05, 3.63) is 59.7 Å². The zero-order valence-corrected chi connectivity index (χ0v) is 20.5. The highest BCUT2D eigenvalue weighted by Crippen LogP contribution is 2.33. The Morgan fingerprint density at radius 1 is 1.26 bits per heavy atom. The number of carbonyl (C=O) groups is 1. The van der Waals surface area contributed by atoms with E-state index in [-0.39, 0.29) is 41.5 Å². The van der Waals surface area contributed by atoms with E-state index in [4.69, 9.17) is 14.5 Å².